The van der Waals surface area contributed by atoms with Crippen molar-refractivity contribution in [3.63, 3.8) is 0 Å². The highest BCUT2D eigenvalue weighted by Gasteiger charge is 2.31. The summed E-state index contributed by atoms with van der Waals surface area (Å²) in [5.74, 6) is -1.33. The molecule has 2 amide bonds. The standard InChI is InChI=1S/C15H15BrN2O6/c1-23-12-6-10(8(5-9(12)16)15(22)24-2)17-11-7-13(20)18(3-4-19)14(11)21/h5-7,17,19H,3-4H2,1-2H3. The van der Waals surface area contributed by atoms with Crippen molar-refractivity contribution in [3.8, 4) is 5.75 Å². The molecule has 0 aromatic heterocycles. The summed E-state index contributed by atoms with van der Waals surface area (Å²) >= 11 is 3.27. The van der Waals surface area contributed by atoms with Gasteiger partial charge in [0.15, 0.2) is 0 Å². The topological polar surface area (TPSA) is 105 Å². The van der Waals surface area contributed by atoms with Crippen molar-refractivity contribution in [2.45, 2.75) is 0 Å². The van der Waals surface area contributed by atoms with Gasteiger partial charge in [-0.05, 0) is 22.0 Å². The first-order chi connectivity index (χ1) is 11.4. The molecule has 2 N–H and O–H groups in total. The zero-order chi connectivity index (χ0) is 17.9. The van der Waals surface area contributed by atoms with E-state index in [9.17, 15) is 14.4 Å². The Labute approximate surface area is 146 Å². The molecule has 1 aliphatic rings. The number of nitrogens with zero attached hydrogens (tertiary/aromatic N) is 1. The van der Waals surface area contributed by atoms with Crippen molar-refractivity contribution in [1.82, 2.24) is 4.90 Å². The first-order valence-electron chi connectivity index (χ1n) is 6.84. The Balaban J connectivity index is 2.38. The van der Waals surface area contributed by atoms with Crippen LogP contribution in [-0.2, 0) is 14.3 Å². The molecule has 0 spiro atoms. The summed E-state index contributed by atoms with van der Waals surface area (Å²) in [6.45, 7) is -0.440. The highest BCUT2D eigenvalue weighted by atomic mass is 79.9. The lowest BCUT2D eigenvalue weighted by Crippen LogP contribution is -2.34. The molecule has 128 valence electrons. The fourth-order valence-electron chi connectivity index (χ4n) is 2.15. The SMILES string of the molecule is COC(=O)c1cc(Br)c(OC)cc1NC1=CC(=O)N(CCO)C1=O. The molecule has 0 fully saturated rings. The minimum absolute atomic E-state index is 0.0111. The molecule has 9 heteroatoms. The number of esters is 1. The number of nitrogens with one attached hydrogen (secondary N) is 1. The van der Waals surface area contributed by atoms with Gasteiger partial charge < -0.3 is 19.9 Å². The summed E-state index contributed by atoms with van der Waals surface area (Å²) < 4.78 is 10.4. The van der Waals surface area contributed by atoms with Crippen molar-refractivity contribution in [3.05, 3.63) is 33.9 Å². The number of aliphatic hydroxyl groups excluding tert-OH is 1. The lowest BCUT2D eigenvalue weighted by Gasteiger charge is -2.16. The molecule has 0 saturated carbocycles. The predicted octanol–water partition coefficient (Wildman–Crippen LogP) is 0.901. The fourth-order valence-corrected chi connectivity index (χ4v) is 2.65. The lowest BCUT2D eigenvalue weighted by atomic mass is 10.1. The van der Waals surface area contributed by atoms with Gasteiger partial charge >= 0.3 is 5.97 Å². The Morgan fingerprint density at radius 2 is 2.04 bits per heavy atom. The van der Waals surface area contributed by atoms with Crippen LogP contribution in [0.1, 0.15) is 10.4 Å². The fraction of sp³-hybridized carbons (Fsp3) is 0.267. The van der Waals surface area contributed by atoms with E-state index in [1.165, 1.54) is 26.4 Å². The van der Waals surface area contributed by atoms with Crippen molar-refractivity contribution in [2.75, 3.05) is 32.7 Å². The van der Waals surface area contributed by atoms with Gasteiger partial charge in [-0.3, -0.25) is 14.5 Å². The highest BCUT2D eigenvalue weighted by Crippen LogP contribution is 2.33. The monoisotopic (exact) mass is 398 g/mol. The van der Waals surface area contributed by atoms with Crippen molar-refractivity contribution in [2.24, 2.45) is 0 Å². The van der Waals surface area contributed by atoms with Gasteiger partial charge in [0, 0.05) is 12.1 Å². The number of β-amino-alcohol motifs (C(OH)–C–C–N with tert-alkyl or cyclic N) is 1. The van der Waals surface area contributed by atoms with Gasteiger partial charge in [0.2, 0.25) is 0 Å². The van der Waals surface area contributed by atoms with Crippen LogP contribution in [0.4, 0.5) is 5.69 Å². The van der Waals surface area contributed by atoms with E-state index in [1.54, 1.807) is 0 Å². The maximum Gasteiger partial charge on any atom is 0.340 e. The van der Waals surface area contributed by atoms with Gasteiger partial charge in [-0.15, -0.1) is 0 Å². The molecule has 0 unspecified atom stereocenters. The first kappa shape index (κ1) is 18.0. The number of halogens is 1. The highest BCUT2D eigenvalue weighted by molar-refractivity contribution is 9.10. The Morgan fingerprint density at radius 1 is 1.33 bits per heavy atom. The van der Waals surface area contributed by atoms with Crippen molar-refractivity contribution >= 4 is 39.4 Å². The zero-order valence-electron chi connectivity index (χ0n) is 13.0. The number of aliphatic hydroxyl groups is 1. The number of ether oxygens (including phenoxy) is 2. The summed E-state index contributed by atoms with van der Waals surface area (Å²) in [7, 11) is 2.69. The van der Waals surface area contributed by atoms with E-state index in [1.807, 2.05) is 0 Å². The van der Waals surface area contributed by atoms with E-state index in [0.29, 0.717) is 10.2 Å². The zero-order valence-corrected chi connectivity index (χ0v) is 14.5. The number of benzene rings is 1. The maximum atomic E-state index is 12.2. The maximum absolute atomic E-state index is 12.2. The van der Waals surface area contributed by atoms with Crippen LogP contribution in [0.15, 0.2) is 28.4 Å². The number of rotatable bonds is 6. The van der Waals surface area contributed by atoms with Crippen LogP contribution >= 0.6 is 15.9 Å². The van der Waals surface area contributed by atoms with Gasteiger partial charge in [-0.2, -0.15) is 0 Å². The predicted molar refractivity (Wildman–Crippen MR) is 87.5 cm³/mol. The van der Waals surface area contributed by atoms with E-state index >= 15 is 0 Å². The smallest absolute Gasteiger partial charge is 0.340 e. The Kier molecular flexibility index (Phi) is 5.58. The second kappa shape index (κ2) is 7.45. The van der Waals surface area contributed by atoms with Gasteiger partial charge in [0.25, 0.3) is 11.8 Å². The molecule has 24 heavy (non-hydrogen) atoms. The molecular formula is C15H15BrN2O6. The second-order valence-corrected chi connectivity index (χ2v) is 5.58. The molecule has 1 aliphatic heterocycles. The van der Waals surface area contributed by atoms with E-state index in [4.69, 9.17) is 14.6 Å². The third kappa shape index (κ3) is 3.41. The van der Waals surface area contributed by atoms with Crippen LogP contribution in [0.25, 0.3) is 0 Å². The van der Waals surface area contributed by atoms with Crippen LogP contribution in [0.5, 0.6) is 5.75 Å². The van der Waals surface area contributed by atoms with Gasteiger partial charge in [0.05, 0.1) is 43.1 Å². The molecule has 0 saturated heterocycles. The number of methoxy groups -OCH3 is 2. The summed E-state index contributed by atoms with van der Waals surface area (Å²) in [6, 6.07) is 2.99. The Morgan fingerprint density at radius 3 is 2.62 bits per heavy atom. The molecule has 1 aromatic rings. The van der Waals surface area contributed by atoms with Gasteiger partial charge in [-0.1, -0.05) is 0 Å². The van der Waals surface area contributed by atoms with Crippen LogP contribution in [0.3, 0.4) is 0 Å². The van der Waals surface area contributed by atoms with Gasteiger partial charge in [-0.25, -0.2) is 4.79 Å². The molecule has 0 bridgehead atoms. The number of amides is 2. The summed E-state index contributed by atoms with van der Waals surface area (Å²) in [6.07, 6.45) is 1.10. The van der Waals surface area contributed by atoms with Crippen LogP contribution in [0.2, 0.25) is 0 Å². The molecule has 2 rings (SSSR count). The minimum atomic E-state index is -0.620. The molecular weight excluding hydrogens is 384 g/mol. The number of hydrogen-bond acceptors (Lipinski definition) is 7. The van der Waals surface area contributed by atoms with Crippen molar-refractivity contribution in [1.29, 1.82) is 0 Å². The average Bonchev–Trinajstić information content (AvgIpc) is 2.83. The second-order valence-electron chi connectivity index (χ2n) is 4.73. The molecule has 8 nitrogen and oxygen atoms in total. The lowest BCUT2D eigenvalue weighted by molar-refractivity contribution is -0.137. The van der Waals surface area contributed by atoms with E-state index < -0.39 is 17.8 Å². The van der Waals surface area contributed by atoms with E-state index in [2.05, 4.69) is 21.2 Å². The summed E-state index contributed by atoms with van der Waals surface area (Å²) in [5.41, 5.74) is 0.398. The van der Waals surface area contributed by atoms with E-state index in [-0.39, 0.29) is 30.1 Å². The number of imide groups is 1. The molecule has 0 atom stereocenters. The largest absolute Gasteiger partial charge is 0.495 e. The average molecular weight is 399 g/mol. The van der Waals surface area contributed by atoms with E-state index in [0.717, 1.165) is 11.0 Å². The Bertz CT molecular complexity index is 731. The quantitative estimate of drug-likeness (QED) is 0.541. The third-order valence-electron chi connectivity index (χ3n) is 3.30. The van der Waals surface area contributed by atoms with Crippen LogP contribution in [-0.4, -0.2) is 55.2 Å². The summed E-state index contributed by atoms with van der Waals surface area (Å²) in [5, 5.41) is 11.7. The molecule has 0 radical (unpaired) electrons. The Hall–Kier alpha value is -2.39. The molecule has 0 aliphatic carbocycles. The third-order valence-corrected chi connectivity index (χ3v) is 3.92. The summed E-state index contributed by atoms with van der Waals surface area (Å²) in [4.78, 5) is 36.8. The molecule has 1 heterocycles. The minimum Gasteiger partial charge on any atom is -0.495 e. The number of anilines is 1. The number of hydrogen-bond donors (Lipinski definition) is 2. The van der Waals surface area contributed by atoms with Gasteiger partial charge in [0.1, 0.15) is 11.4 Å². The number of carbonyl (C=O) groups excluding carboxylic acids is 3. The van der Waals surface area contributed by atoms with Crippen LogP contribution < -0.4 is 10.1 Å². The molecule has 1 aromatic carbocycles. The number of carbonyl (C=O) groups is 3. The normalized spacial score (nSPS) is 13.8. The first-order valence-corrected chi connectivity index (χ1v) is 7.63. The van der Waals surface area contributed by atoms with Crippen molar-refractivity contribution < 1.29 is 29.0 Å². The van der Waals surface area contributed by atoms with Crippen LogP contribution in [0, 0.1) is 0 Å².